The van der Waals surface area contributed by atoms with Crippen LogP contribution in [0.2, 0.25) is 0 Å². The number of carbonyl (C=O) groups excluding carboxylic acids is 1. The van der Waals surface area contributed by atoms with Crippen molar-refractivity contribution in [2.45, 2.75) is 44.4 Å². The second kappa shape index (κ2) is 9.05. The molecule has 0 spiro atoms. The number of rotatable bonds is 10. The van der Waals surface area contributed by atoms with Crippen LogP contribution >= 0.6 is 0 Å². The number of hydrogen-bond donors (Lipinski definition) is 2. The van der Waals surface area contributed by atoms with E-state index in [1.165, 1.54) is 13.1 Å². The maximum atomic E-state index is 13.2. The SMILES string of the molecule is CC[C@H](c1ccc(O)cc1)[C@@H](C(=O)CCCCN1CC1)c1ccc(O)cc1. The van der Waals surface area contributed by atoms with Crippen LogP contribution in [-0.2, 0) is 4.79 Å². The van der Waals surface area contributed by atoms with Gasteiger partial charge in [0, 0.05) is 25.4 Å². The highest BCUT2D eigenvalue weighted by molar-refractivity contribution is 5.87. The van der Waals surface area contributed by atoms with Gasteiger partial charge in [-0.2, -0.15) is 0 Å². The molecule has 0 aromatic heterocycles. The molecule has 2 N–H and O–H groups in total. The second-order valence-electron chi connectivity index (χ2n) is 7.44. The van der Waals surface area contributed by atoms with E-state index >= 15 is 0 Å². The van der Waals surface area contributed by atoms with Gasteiger partial charge in [-0.1, -0.05) is 31.2 Å². The first-order valence-electron chi connectivity index (χ1n) is 9.91. The molecule has 2 aromatic carbocycles. The molecule has 2 aromatic rings. The molecule has 1 aliphatic heterocycles. The van der Waals surface area contributed by atoms with Crippen LogP contribution in [0.4, 0.5) is 0 Å². The molecule has 4 nitrogen and oxygen atoms in total. The summed E-state index contributed by atoms with van der Waals surface area (Å²) in [5.41, 5.74) is 2.01. The van der Waals surface area contributed by atoms with Crippen LogP contribution < -0.4 is 0 Å². The highest BCUT2D eigenvalue weighted by atomic mass is 16.3. The van der Waals surface area contributed by atoms with Crippen LogP contribution in [0.25, 0.3) is 0 Å². The van der Waals surface area contributed by atoms with Gasteiger partial charge in [-0.25, -0.2) is 0 Å². The summed E-state index contributed by atoms with van der Waals surface area (Å²) in [5.74, 6) is 0.514. The Balaban J connectivity index is 1.79. The summed E-state index contributed by atoms with van der Waals surface area (Å²) in [6.45, 7) is 5.58. The smallest absolute Gasteiger partial charge is 0.140 e. The summed E-state index contributed by atoms with van der Waals surface area (Å²) in [6, 6.07) is 14.2. The van der Waals surface area contributed by atoms with Gasteiger partial charge in [0.05, 0.1) is 0 Å². The van der Waals surface area contributed by atoms with Crippen molar-refractivity contribution in [3.8, 4) is 11.5 Å². The van der Waals surface area contributed by atoms with Crippen LogP contribution in [0.3, 0.4) is 0 Å². The lowest BCUT2D eigenvalue weighted by Crippen LogP contribution is -2.20. The molecule has 4 heteroatoms. The molecule has 1 aliphatic rings. The quantitative estimate of drug-likeness (QED) is 0.482. The third-order valence-electron chi connectivity index (χ3n) is 5.45. The van der Waals surface area contributed by atoms with Crippen molar-refractivity contribution in [2.75, 3.05) is 19.6 Å². The molecular formula is C23H29NO3. The molecule has 1 fully saturated rings. The van der Waals surface area contributed by atoms with E-state index in [0.717, 1.165) is 36.9 Å². The number of aromatic hydroxyl groups is 2. The summed E-state index contributed by atoms with van der Waals surface area (Å²) in [6.07, 6.45) is 3.38. The summed E-state index contributed by atoms with van der Waals surface area (Å²) in [5, 5.41) is 19.2. The van der Waals surface area contributed by atoms with Gasteiger partial charge in [-0.05, 0) is 67.1 Å². The second-order valence-corrected chi connectivity index (χ2v) is 7.44. The molecule has 144 valence electrons. The number of ketones is 1. The number of unbranched alkanes of at least 4 members (excludes halogenated alkanes) is 1. The van der Waals surface area contributed by atoms with Crippen molar-refractivity contribution >= 4 is 5.78 Å². The van der Waals surface area contributed by atoms with Crippen LogP contribution in [-0.4, -0.2) is 40.5 Å². The molecule has 1 saturated heterocycles. The van der Waals surface area contributed by atoms with Gasteiger partial charge in [0.25, 0.3) is 0 Å². The topological polar surface area (TPSA) is 60.5 Å². The van der Waals surface area contributed by atoms with Crippen molar-refractivity contribution in [3.05, 3.63) is 59.7 Å². The number of benzene rings is 2. The van der Waals surface area contributed by atoms with Crippen molar-refractivity contribution in [1.82, 2.24) is 4.90 Å². The van der Waals surface area contributed by atoms with Crippen LogP contribution in [0.5, 0.6) is 11.5 Å². The lowest BCUT2D eigenvalue weighted by molar-refractivity contribution is -0.121. The Hall–Kier alpha value is -2.33. The fraction of sp³-hybridized carbons (Fsp3) is 0.435. The molecule has 27 heavy (non-hydrogen) atoms. The first-order chi connectivity index (χ1) is 13.1. The standard InChI is InChI=1S/C23H29NO3/c1-2-21(17-6-10-19(25)11-7-17)23(18-8-12-20(26)13-9-18)22(27)5-3-4-14-24-15-16-24/h6-13,21,23,25-26H,2-5,14-16H2,1H3/t21-,23+/m1/s1. The van der Waals surface area contributed by atoms with E-state index in [2.05, 4.69) is 11.8 Å². The molecule has 0 radical (unpaired) electrons. The Morgan fingerprint density at radius 1 is 0.926 bits per heavy atom. The fourth-order valence-corrected chi connectivity index (χ4v) is 3.79. The molecule has 1 heterocycles. The summed E-state index contributed by atoms with van der Waals surface area (Å²) in [7, 11) is 0. The normalized spacial score (nSPS) is 16.0. The van der Waals surface area contributed by atoms with E-state index in [1.54, 1.807) is 24.3 Å². The lowest BCUT2D eigenvalue weighted by atomic mass is 9.76. The molecule has 3 rings (SSSR count). The monoisotopic (exact) mass is 367 g/mol. The number of phenolic OH excluding ortho intramolecular Hbond substituents is 2. The minimum Gasteiger partial charge on any atom is -0.508 e. The fourth-order valence-electron chi connectivity index (χ4n) is 3.79. The van der Waals surface area contributed by atoms with Gasteiger partial charge in [0.15, 0.2) is 0 Å². The third kappa shape index (κ3) is 5.33. The lowest BCUT2D eigenvalue weighted by Gasteiger charge is -2.26. The third-order valence-corrected chi connectivity index (χ3v) is 5.45. The van der Waals surface area contributed by atoms with E-state index in [0.29, 0.717) is 6.42 Å². The molecule has 0 aliphatic carbocycles. The van der Waals surface area contributed by atoms with Gasteiger partial charge in [0.2, 0.25) is 0 Å². The summed E-state index contributed by atoms with van der Waals surface area (Å²) < 4.78 is 0. The van der Waals surface area contributed by atoms with Gasteiger partial charge in [-0.3, -0.25) is 4.79 Å². The maximum absolute atomic E-state index is 13.2. The van der Waals surface area contributed by atoms with E-state index in [1.807, 2.05) is 24.3 Å². The number of carbonyl (C=O) groups is 1. The van der Waals surface area contributed by atoms with E-state index in [-0.39, 0.29) is 29.1 Å². The van der Waals surface area contributed by atoms with Gasteiger partial charge >= 0.3 is 0 Å². The zero-order valence-electron chi connectivity index (χ0n) is 16.0. The van der Waals surface area contributed by atoms with E-state index in [4.69, 9.17) is 0 Å². The van der Waals surface area contributed by atoms with E-state index < -0.39 is 0 Å². The molecule has 0 unspecified atom stereocenters. The van der Waals surface area contributed by atoms with Crippen molar-refractivity contribution in [2.24, 2.45) is 0 Å². The maximum Gasteiger partial charge on any atom is 0.140 e. The minimum absolute atomic E-state index is 0.0508. The first-order valence-corrected chi connectivity index (χ1v) is 9.91. The van der Waals surface area contributed by atoms with Gasteiger partial charge in [-0.15, -0.1) is 0 Å². The van der Waals surface area contributed by atoms with Crippen LogP contribution in [0.15, 0.2) is 48.5 Å². The van der Waals surface area contributed by atoms with Gasteiger partial charge < -0.3 is 15.1 Å². The average Bonchev–Trinajstić information content (AvgIpc) is 3.49. The zero-order valence-corrected chi connectivity index (χ0v) is 16.0. The van der Waals surface area contributed by atoms with Crippen molar-refractivity contribution in [3.63, 3.8) is 0 Å². The zero-order chi connectivity index (χ0) is 19.2. The Morgan fingerprint density at radius 2 is 1.48 bits per heavy atom. The molecule has 2 atom stereocenters. The Bertz CT molecular complexity index is 735. The Morgan fingerprint density at radius 3 is 2.00 bits per heavy atom. The molecule has 0 amide bonds. The highest BCUT2D eigenvalue weighted by Gasteiger charge is 2.29. The number of Topliss-reactive ketones (excluding diaryl/α,β-unsaturated/α-hetero) is 1. The Labute approximate surface area is 161 Å². The average molecular weight is 367 g/mol. The molecular weight excluding hydrogens is 338 g/mol. The number of nitrogens with zero attached hydrogens (tertiary/aromatic N) is 1. The Kier molecular flexibility index (Phi) is 6.51. The van der Waals surface area contributed by atoms with E-state index in [9.17, 15) is 15.0 Å². The van der Waals surface area contributed by atoms with Gasteiger partial charge in [0.1, 0.15) is 17.3 Å². The van der Waals surface area contributed by atoms with Crippen molar-refractivity contribution < 1.29 is 15.0 Å². The highest BCUT2D eigenvalue weighted by Crippen LogP contribution is 2.38. The summed E-state index contributed by atoms with van der Waals surface area (Å²) >= 11 is 0. The largest absolute Gasteiger partial charge is 0.508 e. The number of phenols is 2. The summed E-state index contributed by atoms with van der Waals surface area (Å²) in [4.78, 5) is 15.6. The predicted octanol–water partition coefficient (Wildman–Crippen LogP) is 4.43. The predicted molar refractivity (Wildman–Crippen MR) is 107 cm³/mol. The van der Waals surface area contributed by atoms with Crippen LogP contribution in [0.1, 0.15) is 55.6 Å². The van der Waals surface area contributed by atoms with Crippen LogP contribution in [0, 0.1) is 0 Å². The number of hydrogen-bond acceptors (Lipinski definition) is 4. The first kappa shape index (κ1) is 19.4. The molecule has 0 bridgehead atoms. The molecule has 0 saturated carbocycles. The minimum atomic E-state index is -0.235. The van der Waals surface area contributed by atoms with Crippen molar-refractivity contribution in [1.29, 1.82) is 0 Å².